The topological polar surface area (TPSA) is 83.5 Å². The molecule has 1 atom stereocenters. The number of fused-ring (bicyclic) bond motifs is 1. The predicted molar refractivity (Wildman–Crippen MR) is 151 cm³/mol. The van der Waals surface area contributed by atoms with Gasteiger partial charge in [-0.2, -0.15) is 0 Å². The van der Waals surface area contributed by atoms with Crippen LogP contribution < -0.4 is 5.73 Å². The number of phenols is 1. The zero-order chi connectivity index (χ0) is 26.8. The summed E-state index contributed by atoms with van der Waals surface area (Å²) in [6.07, 6.45) is 3.15. The van der Waals surface area contributed by atoms with E-state index in [0.717, 1.165) is 12.0 Å². The number of allylic oxidation sites excluding steroid dienone is 1. The molecule has 0 aromatic heterocycles. The van der Waals surface area contributed by atoms with E-state index in [1.165, 1.54) is 27.8 Å². The van der Waals surface area contributed by atoms with Gasteiger partial charge in [0, 0.05) is 5.69 Å². The van der Waals surface area contributed by atoms with Gasteiger partial charge < -0.3 is 15.9 Å². The summed E-state index contributed by atoms with van der Waals surface area (Å²) in [5, 5.41) is 17.8. The standard InChI is InChI=1S/C26H32O2.C6H7NO/c1-8-19-14-22-23(26(6,7)17(3)25(22,4)5)15-21(19)16(2)13-18-9-11-20(12-10-18)24(27)28;7-5-1-3-6(8)4-2-5/h9-15,17H,8H2,1-7H3,(H,27,28);1-4,8H,7H2. The average Bonchev–Trinajstić information content (AvgIpc) is 2.97. The van der Waals surface area contributed by atoms with Gasteiger partial charge in [-0.15, -0.1) is 0 Å². The maximum absolute atomic E-state index is 11.1. The van der Waals surface area contributed by atoms with E-state index in [4.69, 9.17) is 15.9 Å². The van der Waals surface area contributed by atoms with E-state index in [0.29, 0.717) is 17.2 Å². The van der Waals surface area contributed by atoms with Crippen molar-refractivity contribution in [3.8, 4) is 5.75 Å². The maximum Gasteiger partial charge on any atom is 0.335 e. The number of anilines is 1. The van der Waals surface area contributed by atoms with Crippen molar-refractivity contribution in [1.82, 2.24) is 0 Å². The third kappa shape index (κ3) is 5.33. The molecule has 0 bridgehead atoms. The molecule has 0 saturated carbocycles. The molecule has 1 unspecified atom stereocenters. The monoisotopic (exact) mass is 485 g/mol. The van der Waals surface area contributed by atoms with Crippen molar-refractivity contribution < 1.29 is 15.0 Å². The second-order valence-electron chi connectivity index (χ2n) is 10.9. The molecule has 0 spiro atoms. The van der Waals surface area contributed by atoms with Crippen LogP contribution in [0.4, 0.5) is 5.69 Å². The lowest BCUT2D eigenvalue weighted by Crippen LogP contribution is -2.30. The van der Waals surface area contributed by atoms with E-state index in [2.05, 4.69) is 66.7 Å². The smallest absolute Gasteiger partial charge is 0.335 e. The quantitative estimate of drug-likeness (QED) is 0.201. The Balaban J connectivity index is 0.000000383. The minimum Gasteiger partial charge on any atom is -0.508 e. The first kappa shape index (κ1) is 27.1. The Hall–Kier alpha value is -3.53. The second kappa shape index (κ2) is 10.2. The molecule has 4 N–H and O–H groups in total. The molecule has 0 fully saturated rings. The van der Waals surface area contributed by atoms with Crippen molar-refractivity contribution in [3.63, 3.8) is 0 Å². The van der Waals surface area contributed by atoms with Crippen molar-refractivity contribution in [2.75, 3.05) is 5.73 Å². The van der Waals surface area contributed by atoms with Crippen LogP contribution in [-0.2, 0) is 17.3 Å². The van der Waals surface area contributed by atoms with Crippen LogP contribution in [0, 0.1) is 5.92 Å². The van der Waals surface area contributed by atoms with Gasteiger partial charge in [0.25, 0.3) is 0 Å². The van der Waals surface area contributed by atoms with Gasteiger partial charge in [0.1, 0.15) is 5.75 Å². The lowest BCUT2D eigenvalue weighted by atomic mass is 9.71. The van der Waals surface area contributed by atoms with Gasteiger partial charge in [-0.05, 0) is 99.9 Å². The Morgan fingerprint density at radius 3 is 1.94 bits per heavy atom. The lowest BCUT2D eigenvalue weighted by Gasteiger charge is -2.32. The third-order valence-electron chi connectivity index (χ3n) is 8.04. The number of hydrogen-bond acceptors (Lipinski definition) is 3. The molecule has 3 aromatic rings. The van der Waals surface area contributed by atoms with E-state index in [9.17, 15) is 4.79 Å². The van der Waals surface area contributed by atoms with Crippen molar-refractivity contribution in [1.29, 1.82) is 0 Å². The number of aromatic carboxylic acids is 1. The molecule has 4 heteroatoms. The molecule has 1 aliphatic carbocycles. The Labute approximate surface area is 215 Å². The SMILES string of the molecule is CCc1cc2c(cc1C(C)=Cc1ccc(C(=O)O)cc1)C(C)(C)C(C)C2(C)C.Nc1ccc(O)cc1. The van der Waals surface area contributed by atoms with Crippen molar-refractivity contribution >= 4 is 23.3 Å². The largest absolute Gasteiger partial charge is 0.508 e. The van der Waals surface area contributed by atoms with Gasteiger partial charge in [-0.25, -0.2) is 4.79 Å². The molecule has 4 nitrogen and oxygen atoms in total. The summed E-state index contributed by atoms with van der Waals surface area (Å²) in [7, 11) is 0. The minimum absolute atomic E-state index is 0.142. The van der Waals surface area contributed by atoms with Crippen LogP contribution in [0.15, 0.2) is 60.7 Å². The molecule has 0 heterocycles. The average molecular weight is 486 g/mol. The Bertz CT molecular complexity index is 1250. The molecule has 190 valence electrons. The fraction of sp³-hybridized carbons (Fsp3) is 0.344. The summed E-state index contributed by atoms with van der Waals surface area (Å²) in [6.45, 7) is 16.2. The maximum atomic E-state index is 11.1. The number of hydrogen-bond donors (Lipinski definition) is 3. The number of nitrogens with two attached hydrogens (primary N) is 1. The number of carboxylic acids is 1. The van der Waals surface area contributed by atoms with Gasteiger partial charge in [0.05, 0.1) is 5.56 Å². The van der Waals surface area contributed by atoms with E-state index >= 15 is 0 Å². The van der Waals surface area contributed by atoms with E-state index < -0.39 is 5.97 Å². The van der Waals surface area contributed by atoms with Gasteiger partial charge in [0.15, 0.2) is 0 Å². The van der Waals surface area contributed by atoms with Crippen molar-refractivity contribution in [2.45, 2.75) is 65.7 Å². The summed E-state index contributed by atoms with van der Waals surface area (Å²) >= 11 is 0. The van der Waals surface area contributed by atoms with Gasteiger partial charge >= 0.3 is 5.97 Å². The number of aryl methyl sites for hydroxylation is 1. The van der Waals surface area contributed by atoms with Crippen LogP contribution in [0.1, 0.15) is 86.6 Å². The van der Waals surface area contributed by atoms with Crippen molar-refractivity contribution in [2.24, 2.45) is 5.92 Å². The summed E-state index contributed by atoms with van der Waals surface area (Å²) in [5.41, 5.74) is 14.5. The Morgan fingerprint density at radius 1 is 0.944 bits per heavy atom. The van der Waals surface area contributed by atoms with Crippen molar-refractivity contribution in [3.05, 3.63) is 94.0 Å². The second-order valence-corrected chi connectivity index (χ2v) is 10.9. The number of rotatable bonds is 4. The van der Waals surface area contributed by atoms with E-state index in [1.807, 2.05) is 12.1 Å². The minimum atomic E-state index is -0.891. The van der Waals surface area contributed by atoms with Gasteiger partial charge in [-0.3, -0.25) is 0 Å². The fourth-order valence-corrected chi connectivity index (χ4v) is 5.26. The normalized spacial score (nSPS) is 17.6. The van der Waals surface area contributed by atoms with Crippen LogP contribution in [-0.4, -0.2) is 16.2 Å². The fourth-order valence-electron chi connectivity index (χ4n) is 5.26. The van der Waals surface area contributed by atoms with Crippen LogP contribution in [0.3, 0.4) is 0 Å². The molecule has 0 aliphatic heterocycles. The number of aromatic hydroxyl groups is 1. The summed E-state index contributed by atoms with van der Waals surface area (Å²) in [6, 6.07) is 18.3. The molecule has 3 aromatic carbocycles. The Morgan fingerprint density at radius 2 is 1.47 bits per heavy atom. The molecule has 0 amide bonds. The van der Waals surface area contributed by atoms with E-state index in [1.54, 1.807) is 36.4 Å². The Kier molecular flexibility index (Phi) is 7.68. The molecule has 0 radical (unpaired) electrons. The van der Waals surface area contributed by atoms with E-state index in [-0.39, 0.29) is 16.6 Å². The predicted octanol–water partition coefficient (Wildman–Crippen LogP) is 7.69. The highest BCUT2D eigenvalue weighted by molar-refractivity contribution is 5.88. The molecule has 36 heavy (non-hydrogen) atoms. The molecule has 1 aliphatic rings. The summed E-state index contributed by atoms with van der Waals surface area (Å²) in [4.78, 5) is 11.1. The number of nitrogen functional groups attached to an aromatic ring is 1. The zero-order valence-corrected chi connectivity index (χ0v) is 22.5. The number of carboxylic acid groups (broad SMARTS) is 1. The van der Waals surface area contributed by atoms with Crippen LogP contribution >= 0.6 is 0 Å². The highest BCUT2D eigenvalue weighted by Crippen LogP contribution is 2.54. The van der Waals surface area contributed by atoms with Crippen LogP contribution in [0.2, 0.25) is 0 Å². The van der Waals surface area contributed by atoms with Gasteiger partial charge in [-0.1, -0.05) is 71.9 Å². The summed E-state index contributed by atoms with van der Waals surface area (Å²) in [5.74, 6) is -0.0693. The summed E-state index contributed by atoms with van der Waals surface area (Å²) < 4.78 is 0. The highest BCUT2D eigenvalue weighted by Gasteiger charge is 2.48. The molecule has 0 saturated heterocycles. The molecule has 4 rings (SSSR count). The first-order valence-electron chi connectivity index (χ1n) is 12.5. The highest BCUT2D eigenvalue weighted by atomic mass is 16.4. The third-order valence-corrected chi connectivity index (χ3v) is 8.04. The number of carbonyl (C=O) groups is 1. The van der Waals surface area contributed by atoms with Crippen LogP contribution in [0.5, 0.6) is 5.75 Å². The lowest BCUT2D eigenvalue weighted by molar-refractivity contribution is 0.0697. The molecular formula is C32H39NO3. The first-order valence-corrected chi connectivity index (χ1v) is 12.5. The number of benzene rings is 3. The zero-order valence-electron chi connectivity index (χ0n) is 22.5. The van der Waals surface area contributed by atoms with Gasteiger partial charge in [0.2, 0.25) is 0 Å². The first-order chi connectivity index (χ1) is 16.8. The molecular weight excluding hydrogens is 446 g/mol. The number of phenolic OH excluding ortho intramolecular Hbond substituents is 1. The van der Waals surface area contributed by atoms with Crippen LogP contribution in [0.25, 0.3) is 11.6 Å².